The summed E-state index contributed by atoms with van der Waals surface area (Å²) in [5, 5.41) is 6.15. The molecule has 44 heavy (non-hydrogen) atoms. The van der Waals surface area contributed by atoms with Gasteiger partial charge in [0.05, 0.1) is 0 Å². The molecule has 210 valence electrons. The lowest BCUT2D eigenvalue weighted by molar-refractivity contribution is 0.661. The Morgan fingerprint density at radius 1 is 0.409 bits per heavy atom. The first kappa shape index (κ1) is 26.2. The highest BCUT2D eigenvalue weighted by Gasteiger charge is 2.37. The predicted molar refractivity (Wildman–Crippen MR) is 188 cm³/mol. The minimum Gasteiger partial charge on any atom is -0.356 e. The second kappa shape index (κ2) is 10.4. The van der Waals surface area contributed by atoms with Gasteiger partial charge in [-0.25, -0.2) is 0 Å². The number of hydrogen-bond donors (Lipinski definition) is 1. The van der Waals surface area contributed by atoms with Gasteiger partial charge in [-0.3, -0.25) is 0 Å². The molecule has 7 aromatic rings. The number of fused-ring (bicyclic) bond motifs is 4. The van der Waals surface area contributed by atoms with Crippen molar-refractivity contribution >= 4 is 22.1 Å². The summed E-state index contributed by atoms with van der Waals surface area (Å²) in [5.41, 5.74) is 15.1. The van der Waals surface area contributed by atoms with E-state index in [2.05, 4.69) is 171 Å². The third kappa shape index (κ3) is 4.41. The van der Waals surface area contributed by atoms with Crippen molar-refractivity contribution in [2.45, 2.75) is 19.3 Å². The van der Waals surface area contributed by atoms with Crippen molar-refractivity contribution < 1.29 is 0 Å². The summed E-state index contributed by atoms with van der Waals surface area (Å²) in [7, 11) is 0. The summed E-state index contributed by atoms with van der Waals surface area (Å²) in [6, 6.07) is 57.1. The summed E-state index contributed by atoms with van der Waals surface area (Å²) in [4.78, 5) is 0. The Morgan fingerprint density at radius 2 is 0.909 bits per heavy atom. The minimum absolute atomic E-state index is 0.0373. The van der Waals surface area contributed by atoms with Crippen molar-refractivity contribution in [3.8, 4) is 44.5 Å². The highest BCUT2D eigenvalue weighted by Crippen LogP contribution is 2.54. The van der Waals surface area contributed by atoms with Crippen LogP contribution in [0.25, 0.3) is 55.3 Å². The van der Waals surface area contributed by atoms with Crippen molar-refractivity contribution in [2.75, 3.05) is 5.32 Å². The van der Waals surface area contributed by atoms with Gasteiger partial charge in [0.25, 0.3) is 0 Å². The largest absolute Gasteiger partial charge is 0.356 e. The Labute approximate surface area is 259 Å². The van der Waals surface area contributed by atoms with Crippen LogP contribution < -0.4 is 5.32 Å². The van der Waals surface area contributed by atoms with Crippen LogP contribution in [-0.2, 0) is 5.41 Å². The van der Waals surface area contributed by atoms with Crippen LogP contribution in [0.4, 0.5) is 11.4 Å². The molecule has 1 nitrogen and oxygen atoms in total. The quantitative estimate of drug-likeness (QED) is 0.220. The van der Waals surface area contributed by atoms with Gasteiger partial charge in [0.15, 0.2) is 0 Å². The highest BCUT2D eigenvalue weighted by molar-refractivity contribution is 6.08. The van der Waals surface area contributed by atoms with E-state index in [1.807, 2.05) is 6.07 Å². The fraction of sp³-hybridized carbons (Fsp3) is 0.0698. The lowest BCUT2D eigenvalue weighted by atomic mass is 9.80. The average Bonchev–Trinajstić information content (AvgIpc) is 3.31. The molecule has 1 aliphatic carbocycles. The summed E-state index contributed by atoms with van der Waals surface area (Å²) in [6.07, 6.45) is 0. The second-order valence-electron chi connectivity index (χ2n) is 12.3. The van der Waals surface area contributed by atoms with Crippen LogP contribution >= 0.6 is 0 Å². The van der Waals surface area contributed by atoms with Crippen molar-refractivity contribution in [3.63, 3.8) is 0 Å². The second-order valence-corrected chi connectivity index (χ2v) is 12.3. The first-order chi connectivity index (χ1) is 21.6. The van der Waals surface area contributed by atoms with Crippen molar-refractivity contribution in [3.05, 3.63) is 169 Å². The third-order valence-corrected chi connectivity index (χ3v) is 9.26. The first-order valence-electron chi connectivity index (χ1n) is 15.4. The normalized spacial score (nSPS) is 13.0. The molecule has 0 radical (unpaired) electrons. The van der Waals surface area contributed by atoms with E-state index >= 15 is 0 Å². The van der Waals surface area contributed by atoms with Gasteiger partial charge in [-0.1, -0.05) is 141 Å². The SMILES string of the molecule is CC1(C)c2ccccc2-c2c1cc1ccccc1c2-c1ccc(-c2ccc(Nc3ccc(-c4ccccc4)cc3)cc2)cc1. The number of rotatable bonds is 5. The molecule has 0 aliphatic heterocycles. The van der Waals surface area contributed by atoms with Crippen LogP contribution in [0, 0.1) is 0 Å². The molecule has 0 saturated heterocycles. The maximum absolute atomic E-state index is 3.55. The Hall–Kier alpha value is -5.40. The highest BCUT2D eigenvalue weighted by atomic mass is 14.9. The molecule has 8 rings (SSSR count). The Kier molecular flexibility index (Phi) is 6.20. The summed E-state index contributed by atoms with van der Waals surface area (Å²) >= 11 is 0. The van der Waals surface area contributed by atoms with E-state index in [-0.39, 0.29) is 5.41 Å². The molecule has 0 bridgehead atoms. The molecule has 0 spiro atoms. The van der Waals surface area contributed by atoms with Crippen LogP contribution in [0.3, 0.4) is 0 Å². The smallest absolute Gasteiger partial charge is 0.0384 e. The van der Waals surface area contributed by atoms with Crippen LogP contribution in [-0.4, -0.2) is 0 Å². The zero-order chi connectivity index (χ0) is 29.7. The molecule has 0 heterocycles. The molecule has 1 N–H and O–H groups in total. The molecule has 1 heteroatoms. The van der Waals surface area contributed by atoms with Gasteiger partial charge < -0.3 is 5.32 Å². The van der Waals surface area contributed by atoms with E-state index in [1.54, 1.807) is 0 Å². The van der Waals surface area contributed by atoms with E-state index < -0.39 is 0 Å². The zero-order valence-electron chi connectivity index (χ0n) is 25.0. The standard InChI is InChI=1S/C43H33N/c1-43(2)39-15-9-8-14-38(39)42-40(43)28-34-12-6-7-13-37(34)41(42)33-18-16-30(17-19-33)32-22-26-36(27-23-32)44-35-24-20-31(21-25-35)29-10-4-3-5-11-29/h3-28,44H,1-2H3. The molecule has 0 atom stereocenters. The molecule has 0 aromatic heterocycles. The monoisotopic (exact) mass is 563 g/mol. The molecular formula is C43H33N. The summed E-state index contributed by atoms with van der Waals surface area (Å²) in [6.45, 7) is 4.72. The lowest BCUT2D eigenvalue weighted by Crippen LogP contribution is -2.14. The molecule has 0 amide bonds. The minimum atomic E-state index is -0.0373. The Bertz CT molecular complexity index is 2120. The van der Waals surface area contributed by atoms with Crippen molar-refractivity contribution in [1.82, 2.24) is 0 Å². The molecule has 0 unspecified atom stereocenters. The molecule has 0 fully saturated rings. The van der Waals surface area contributed by atoms with Gasteiger partial charge in [0.1, 0.15) is 0 Å². The van der Waals surface area contributed by atoms with Crippen LogP contribution in [0.2, 0.25) is 0 Å². The predicted octanol–water partition coefficient (Wildman–Crippen LogP) is 11.9. The fourth-order valence-electron chi connectivity index (χ4n) is 6.93. The van der Waals surface area contributed by atoms with E-state index in [9.17, 15) is 0 Å². The Morgan fingerprint density at radius 3 is 1.57 bits per heavy atom. The topological polar surface area (TPSA) is 12.0 Å². The van der Waals surface area contributed by atoms with E-state index in [1.165, 1.54) is 66.4 Å². The molecule has 7 aromatic carbocycles. The maximum Gasteiger partial charge on any atom is 0.0384 e. The van der Waals surface area contributed by atoms with Crippen LogP contribution in [0.1, 0.15) is 25.0 Å². The summed E-state index contributed by atoms with van der Waals surface area (Å²) < 4.78 is 0. The lowest BCUT2D eigenvalue weighted by Gasteiger charge is -2.23. The third-order valence-electron chi connectivity index (χ3n) is 9.26. The van der Waals surface area contributed by atoms with Gasteiger partial charge >= 0.3 is 0 Å². The number of hydrogen-bond acceptors (Lipinski definition) is 1. The van der Waals surface area contributed by atoms with Crippen LogP contribution in [0.5, 0.6) is 0 Å². The van der Waals surface area contributed by atoms with E-state index in [0.29, 0.717) is 0 Å². The van der Waals surface area contributed by atoms with Gasteiger partial charge in [0, 0.05) is 16.8 Å². The van der Waals surface area contributed by atoms with E-state index in [4.69, 9.17) is 0 Å². The molecule has 0 saturated carbocycles. The van der Waals surface area contributed by atoms with Crippen molar-refractivity contribution in [1.29, 1.82) is 0 Å². The van der Waals surface area contributed by atoms with Gasteiger partial charge in [0.2, 0.25) is 0 Å². The molecule has 1 aliphatic rings. The first-order valence-corrected chi connectivity index (χ1v) is 15.4. The molecular weight excluding hydrogens is 530 g/mol. The fourth-order valence-corrected chi connectivity index (χ4v) is 6.93. The van der Waals surface area contributed by atoms with Crippen LogP contribution in [0.15, 0.2) is 158 Å². The maximum atomic E-state index is 3.55. The number of anilines is 2. The average molecular weight is 564 g/mol. The van der Waals surface area contributed by atoms with E-state index in [0.717, 1.165) is 11.4 Å². The summed E-state index contributed by atoms with van der Waals surface area (Å²) in [5.74, 6) is 0. The number of nitrogens with one attached hydrogen (secondary N) is 1. The van der Waals surface area contributed by atoms with Gasteiger partial charge in [-0.2, -0.15) is 0 Å². The van der Waals surface area contributed by atoms with Gasteiger partial charge in [-0.15, -0.1) is 0 Å². The number of benzene rings is 7. The van der Waals surface area contributed by atoms with Gasteiger partial charge in [-0.05, 0) is 96.7 Å². The Balaban J connectivity index is 1.10. The van der Waals surface area contributed by atoms with Crippen molar-refractivity contribution in [2.24, 2.45) is 0 Å². The zero-order valence-corrected chi connectivity index (χ0v) is 25.0.